The molecule has 186 valence electrons. The van der Waals surface area contributed by atoms with Gasteiger partial charge in [0.25, 0.3) is 0 Å². The number of amides is 1. The van der Waals surface area contributed by atoms with Crippen molar-refractivity contribution >= 4 is 39.4 Å². The number of carbonyl (C=O) groups excluding carboxylic acids is 2. The van der Waals surface area contributed by atoms with Crippen molar-refractivity contribution < 1.29 is 19.1 Å². The maximum atomic E-state index is 13.9. The normalized spacial score (nSPS) is 14.1. The number of rotatable bonds is 6. The number of benzene rings is 2. The fourth-order valence-corrected chi connectivity index (χ4v) is 5.79. The lowest BCUT2D eigenvalue weighted by Crippen LogP contribution is -2.42. The Morgan fingerprint density at radius 2 is 1.86 bits per heavy atom. The number of ether oxygens (including phenoxy) is 2. The number of thiazole rings is 1. The van der Waals surface area contributed by atoms with E-state index in [0.29, 0.717) is 22.7 Å². The summed E-state index contributed by atoms with van der Waals surface area (Å²) in [4.78, 5) is 33.5. The Kier molecular flexibility index (Phi) is 7.04. The summed E-state index contributed by atoms with van der Waals surface area (Å²) < 4.78 is 12.7. The molecule has 4 aromatic rings. The van der Waals surface area contributed by atoms with Crippen molar-refractivity contribution in [1.29, 1.82) is 0 Å². The molecule has 0 unspecified atom stereocenters. The van der Waals surface area contributed by atoms with Crippen LogP contribution in [-0.2, 0) is 11.2 Å². The van der Waals surface area contributed by atoms with Crippen LogP contribution in [0.15, 0.2) is 60.1 Å². The highest BCUT2D eigenvalue weighted by atomic mass is 32.1. The van der Waals surface area contributed by atoms with Gasteiger partial charge >= 0.3 is 6.09 Å². The number of para-hydroxylation sites is 1. The monoisotopic (exact) mass is 503 g/mol. The molecule has 7 nitrogen and oxygen atoms in total. The van der Waals surface area contributed by atoms with E-state index in [4.69, 9.17) is 9.47 Å². The highest BCUT2D eigenvalue weighted by Gasteiger charge is 2.30. The SMILES string of the molecule is COc1ccc2c(c1)c(CC(=O)N(c1nccs1)C1CCCCC1)c(C)n2C(=O)Oc1ccccc1. The van der Waals surface area contributed by atoms with Gasteiger partial charge in [-0.25, -0.2) is 14.3 Å². The van der Waals surface area contributed by atoms with E-state index in [1.165, 1.54) is 17.8 Å². The van der Waals surface area contributed by atoms with Gasteiger partial charge in [-0.1, -0.05) is 37.5 Å². The average molecular weight is 504 g/mol. The zero-order chi connectivity index (χ0) is 25.1. The van der Waals surface area contributed by atoms with Crippen LogP contribution in [0, 0.1) is 6.92 Å². The Bertz CT molecular complexity index is 1360. The molecule has 2 aromatic heterocycles. The summed E-state index contributed by atoms with van der Waals surface area (Å²) in [5, 5.41) is 3.43. The molecule has 0 bridgehead atoms. The van der Waals surface area contributed by atoms with Crippen LogP contribution >= 0.6 is 11.3 Å². The minimum Gasteiger partial charge on any atom is -0.497 e. The number of hydrogen-bond acceptors (Lipinski definition) is 6. The van der Waals surface area contributed by atoms with Crippen LogP contribution in [0.1, 0.15) is 43.4 Å². The molecule has 2 aromatic carbocycles. The first-order valence-electron chi connectivity index (χ1n) is 12.2. The lowest BCUT2D eigenvalue weighted by atomic mass is 9.94. The summed E-state index contributed by atoms with van der Waals surface area (Å²) in [6.45, 7) is 1.86. The van der Waals surface area contributed by atoms with Crippen molar-refractivity contribution in [2.75, 3.05) is 12.0 Å². The number of hydrogen-bond donors (Lipinski definition) is 0. The van der Waals surface area contributed by atoms with Crippen LogP contribution in [0.2, 0.25) is 0 Å². The second-order valence-electron chi connectivity index (χ2n) is 9.01. The summed E-state index contributed by atoms with van der Waals surface area (Å²) in [7, 11) is 1.60. The van der Waals surface area contributed by atoms with E-state index in [0.717, 1.165) is 41.8 Å². The van der Waals surface area contributed by atoms with Crippen LogP contribution in [0.25, 0.3) is 10.9 Å². The van der Waals surface area contributed by atoms with Crippen LogP contribution in [0.3, 0.4) is 0 Å². The van der Waals surface area contributed by atoms with Crippen LogP contribution in [0.4, 0.5) is 9.93 Å². The molecule has 0 atom stereocenters. The van der Waals surface area contributed by atoms with Gasteiger partial charge in [-0.05, 0) is 55.7 Å². The zero-order valence-corrected chi connectivity index (χ0v) is 21.3. The quantitative estimate of drug-likeness (QED) is 0.306. The topological polar surface area (TPSA) is 73.7 Å². The first-order valence-corrected chi connectivity index (χ1v) is 13.1. The Morgan fingerprint density at radius 1 is 1.08 bits per heavy atom. The third-order valence-corrected chi connectivity index (χ3v) is 7.61. The molecule has 2 heterocycles. The van der Waals surface area contributed by atoms with Gasteiger partial charge in [0.2, 0.25) is 5.91 Å². The van der Waals surface area contributed by atoms with E-state index in [9.17, 15) is 9.59 Å². The van der Waals surface area contributed by atoms with Crippen LogP contribution in [-0.4, -0.2) is 34.7 Å². The van der Waals surface area contributed by atoms with Gasteiger partial charge in [-0.3, -0.25) is 9.69 Å². The molecule has 0 aliphatic heterocycles. The zero-order valence-electron chi connectivity index (χ0n) is 20.5. The number of aromatic nitrogens is 2. The van der Waals surface area contributed by atoms with E-state index in [1.54, 1.807) is 30.0 Å². The molecule has 0 saturated heterocycles. The van der Waals surface area contributed by atoms with Gasteiger partial charge in [0, 0.05) is 28.7 Å². The summed E-state index contributed by atoms with van der Waals surface area (Å²) in [5.41, 5.74) is 2.14. The van der Waals surface area contributed by atoms with Gasteiger partial charge in [0.15, 0.2) is 5.13 Å². The van der Waals surface area contributed by atoms with Crippen LogP contribution < -0.4 is 14.4 Å². The van der Waals surface area contributed by atoms with Crippen molar-refractivity contribution in [3.05, 3.63) is 71.4 Å². The maximum Gasteiger partial charge on any atom is 0.424 e. The lowest BCUT2D eigenvalue weighted by Gasteiger charge is -2.32. The minimum absolute atomic E-state index is 0.0155. The van der Waals surface area contributed by atoms with Crippen molar-refractivity contribution in [3.8, 4) is 11.5 Å². The van der Waals surface area contributed by atoms with Gasteiger partial charge in [-0.2, -0.15) is 0 Å². The van der Waals surface area contributed by atoms with Crippen molar-refractivity contribution in [1.82, 2.24) is 9.55 Å². The predicted molar refractivity (Wildman–Crippen MR) is 141 cm³/mol. The summed E-state index contributed by atoms with van der Waals surface area (Å²) in [5.74, 6) is 1.11. The molecule has 5 rings (SSSR count). The third-order valence-electron chi connectivity index (χ3n) is 6.83. The summed E-state index contributed by atoms with van der Waals surface area (Å²) in [6, 6.07) is 14.6. The smallest absolute Gasteiger partial charge is 0.424 e. The Hall–Kier alpha value is -3.65. The number of nitrogens with zero attached hydrogens (tertiary/aromatic N) is 3. The van der Waals surface area contributed by atoms with Gasteiger partial charge in [0.05, 0.1) is 19.0 Å². The molecule has 8 heteroatoms. The molecule has 1 fully saturated rings. The molecule has 0 spiro atoms. The number of anilines is 1. The van der Waals surface area contributed by atoms with E-state index in [-0.39, 0.29) is 18.4 Å². The Balaban J connectivity index is 1.53. The predicted octanol–water partition coefficient (Wildman–Crippen LogP) is 6.37. The van der Waals surface area contributed by atoms with Crippen molar-refractivity contribution in [2.45, 2.75) is 51.5 Å². The molecule has 1 saturated carbocycles. The summed E-state index contributed by atoms with van der Waals surface area (Å²) >= 11 is 1.48. The first-order chi connectivity index (χ1) is 17.6. The third kappa shape index (κ3) is 4.73. The van der Waals surface area contributed by atoms with Crippen molar-refractivity contribution in [3.63, 3.8) is 0 Å². The van der Waals surface area contributed by atoms with Gasteiger partial charge in [-0.15, -0.1) is 11.3 Å². The second kappa shape index (κ2) is 10.5. The van der Waals surface area contributed by atoms with E-state index >= 15 is 0 Å². The molecule has 1 amide bonds. The largest absolute Gasteiger partial charge is 0.497 e. The number of methoxy groups -OCH3 is 1. The molecule has 1 aliphatic carbocycles. The van der Waals surface area contributed by atoms with Crippen LogP contribution in [0.5, 0.6) is 11.5 Å². The van der Waals surface area contributed by atoms with E-state index in [2.05, 4.69) is 4.98 Å². The van der Waals surface area contributed by atoms with Crippen molar-refractivity contribution in [2.24, 2.45) is 0 Å². The number of fused-ring (bicyclic) bond motifs is 1. The molecular formula is C28H29N3O4S. The maximum absolute atomic E-state index is 13.9. The highest BCUT2D eigenvalue weighted by Crippen LogP contribution is 2.33. The first kappa shape index (κ1) is 24.1. The lowest BCUT2D eigenvalue weighted by molar-refractivity contribution is -0.118. The van der Waals surface area contributed by atoms with Gasteiger partial charge < -0.3 is 9.47 Å². The fraction of sp³-hybridized carbons (Fsp3) is 0.321. The standard InChI is InChI=1S/C28H29N3O4S/c1-19-23(18-26(32)31(27-29-15-16-36-27)20-9-5-3-6-10-20)24-17-22(34-2)13-14-25(24)30(19)28(33)35-21-11-7-4-8-12-21/h4,7-8,11-17,20H,3,5-6,9-10,18H2,1-2H3. The van der Waals surface area contributed by atoms with Gasteiger partial charge in [0.1, 0.15) is 11.5 Å². The molecule has 1 aliphatic rings. The summed E-state index contributed by atoms with van der Waals surface area (Å²) in [6.07, 6.45) is 6.75. The average Bonchev–Trinajstić information content (AvgIpc) is 3.52. The minimum atomic E-state index is -0.517. The molecular weight excluding hydrogens is 474 g/mol. The molecule has 36 heavy (non-hydrogen) atoms. The number of carbonyl (C=O) groups is 2. The second-order valence-corrected chi connectivity index (χ2v) is 9.88. The van der Waals surface area contributed by atoms with E-state index in [1.807, 2.05) is 53.6 Å². The highest BCUT2D eigenvalue weighted by molar-refractivity contribution is 7.13. The molecule has 0 N–H and O–H groups in total. The van der Waals surface area contributed by atoms with E-state index < -0.39 is 6.09 Å². The Labute approximate surface area is 214 Å². The molecule has 0 radical (unpaired) electrons. The Morgan fingerprint density at radius 3 is 2.56 bits per heavy atom. The fourth-order valence-electron chi connectivity index (χ4n) is 5.06.